The number of amides is 1. The monoisotopic (exact) mass is 293 g/mol. The van der Waals surface area contributed by atoms with Gasteiger partial charge in [0.15, 0.2) is 0 Å². The maximum Gasteiger partial charge on any atom is 0.410 e. The summed E-state index contributed by atoms with van der Waals surface area (Å²) in [5.74, 6) is -0.369. The Morgan fingerprint density at radius 1 is 1.33 bits per heavy atom. The summed E-state index contributed by atoms with van der Waals surface area (Å²) in [5, 5.41) is 0. The third kappa shape index (κ3) is 4.46. The summed E-state index contributed by atoms with van der Waals surface area (Å²) in [6.45, 7) is 1.38. The Morgan fingerprint density at radius 3 is 2.81 bits per heavy atom. The van der Waals surface area contributed by atoms with Crippen molar-refractivity contribution in [2.75, 3.05) is 26.9 Å². The van der Waals surface area contributed by atoms with Crippen LogP contribution in [-0.2, 0) is 25.6 Å². The van der Waals surface area contributed by atoms with Crippen LogP contribution in [0, 0.1) is 0 Å². The van der Waals surface area contributed by atoms with Gasteiger partial charge in [-0.25, -0.2) is 4.79 Å². The van der Waals surface area contributed by atoms with Crippen molar-refractivity contribution < 1.29 is 23.8 Å². The first kappa shape index (κ1) is 15.3. The molecule has 1 aliphatic heterocycles. The first-order valence-corrected chi connectivity index (χ1v) is 6.82. The van der Waals surface area contributed by atoms with Gasteiger partial charge in [-0.1, -0.05) is 30.3 Å². The van der Waals surface area contributed by atoms with Crippen LogP contribution in [0.5, 0.6) is 0 Å². The molecule has 1 amide bonds. The summed E-state index contributed by atoms with van der Waals surface area (Å²) in [4.78, 5) is 25.0. The van der Waals surface area contributed by atoms with E-state index in [2.05, 4.69) is 4.74 Å². The Kier molecular flexibility index (Phi) is 5.57. The largest absolute Gasteiger partial charge is 0.469 e. The second-order valence-corrected chi connectivity index (χ2v) is 4.74. The molecule has 0 saturated carbocycles. The van der Waals surface area contributed by atoms with Crippen LogP contribution in [0.25, 0.3) is 0 Å². The molecule has 1 aliphatic rings. The van der Waals surface area contributed by atoms with E-state index in [0.29, 0.717) is 19.8 Å². The number of methoxy groups -OCH3 is 1. The summed E-state index contributed by atoms with van der Waals surface area (Å²) >= 11 is 0. The summed E-state index contributed by atoms with van der Waals surface area (Å²) in [6.07, 6.45) is -0.326. The van der Waals surface area contributed by atoms with Crippen LogP contribution in [0.2, 0.25) is 0 Å². The summed E-state index contributed by atoms with van der Waals surface area (Å²) in [5.41, 5.74) is 0.920. The van der Waals surface area contributed by atoms with Gasteiger partial charge in [-0.15, -0.1) is 0 Å². The minimum absolute atomic E-state index is 0.108. The number of carbonyl (C=O) groups is 2. The zero-order valence-corrected chi connectivity index (χ0v) is 12.0. The van der Waals surface area contributed by atoms with Crippen LogP contribution in [-0.4, -0.2) is 49.9 Å². The number of hydrogen-bond donors (Lipinski definition) is 0. The quantitative estimate of drug-likeness (QED) is 0.789. The third-order valence-electron chi connectivity index (χ3n) is 3.30. The highest BCUT2D eigenvalue weighted by molar-refractivity contribution is 5.73. The summed E-state index contributed by atoms with van der Waals surface area (Å²) in [7, 11) is 1.32. The molecule has 1 aromatic rings. The molecular formula is C15H19NO5. The van der Waals surface area contributed by atoms with Crippen molar-refractivity contribution in [3.05, 3.63) is 35.9 Å². The topological polar surface area (TPSA) is 65.1 Å². The highest BCUT2D eigenvalue weighted by atomic mass is 16.6. The average molecular weight is 293 g/mol. The van der Waals surface area contributed by atoms with Crippen molar-refractivity contribution in [1.82, 2.24) is 4.90 Å². The van der Waals surface area contributed by atoms with Gasteiger partial charge >= 0.3 is 12.1 Å². The molecule has 1 atom stereocenters. The lowest BCUT2D eigenvalue weighted by Gasteiger charge is -2.34. The van der Waals surface area contributed by atoms with Crippen molar-refractivity contribution in [3.8, 4) is 0 Å². The SMILES string of the molecule is COC(=O)CC1COCCN1C(=O)OCc1ccccc1. The van der Waals surface area contributed by atoms with E-state index in [1.54, 1.807) is 0 Å². The molecular weight excluding hydrogens is 274 g/mol. The standard InChI is InChI=1S/C15H19NO5/c1-19-14(17)9-13-11-20-8-7-16(13)15(18)21-10-12-5-3-2-4-6-12/h2-6,13H,7-11H2,1H3. The molecule has 21 heavy (non-hydrogen) atoms. The van der Waals surface area contributed by atoms with Crippen molar-refractivity contribution in [1.29, 1.82) is 0 Å². The van der Waals surface area contributed by atoms with E-state index in [9.17, 15) is 9.59 Å². The Labute approximate surface area is 123 Å². The van der Waals surface area contributed by atoms with E-state index in [1.807, 2.05) is 30.3 Å². The number of hydrogen-bond acceptors (Lipinski definition) is 5. The van der Waals surface area contributed by atoms with E-state index in [1.165, 1.54) is 12.0 Å². The van der Waals surface area contributed by atoms with E-state index in [-0.39, 0.29) is 25.0 Å². The summed E-state index contributed by atoms with van der Waals surface area (Å²) < 4.78 is 15.2. The molecule has 114 valence electrons. The maximum atomic E-state index is 12.1. The second-order valence-electron chi connectivity index (χ2n) is 4.74. The molecule has 0 spiro atoms. The lowest BCUT2D eigenvalue weighted by atomic mass is 10.1. The van der Waals surface area contributed by atoms with Crippen LogP contribution >= 0.6 is 0 Å². The fraction of sp³-hybridized carbons (Fsp3) is 0.467. The number of carbonyl (C=O) groups excluding carboxylic acids is 2. The smallest absolute Gasteiger partial charge is 0.410 e. The molecule has 1 fully saturated rings. The molecule has 0 aliphatic carbocycles. The molecule has 1 aromatic carbocycles. The van der Waals surface area contributed by atoms with E-state index in [0.717, 1.165) is 5.56 Å². The minimum Gasteiger partial charge on any atom is -0.469 e. The molecule has 6 heteroatoms. The predicted molar refractivity (Wildman–Crippen MR) is 74.6 cm³/mol. The molecule has 1 unspecified atom stereocenters. The summed E-state index contributed by atoms with van der Waals surface area (Å²) in [6, 6.07) is 9.11. The van der Waals surface area contributed by atoms with Gasteiger partial charge in [-0.3, -0.25) is 4.79 Å². The minimum atomic E-state index is -0.434. The second kappa shape index (κ2) is 7.64. The average Bonchev–Trinajstić information content (AvgIpc) is 2.54. The third-order valence-corrected chi connectivity index (χ3v) is 3.30. The van der Waals surface area contributed by atoms with E-state index in [4.69, 9.17) is 9.47 Å². The molecule has 1 heterocycles. The number of ether oxygens (including phenoxy) is 3. The van der Waals surface area contributed by atoms with Gasteiger partial charge in [0.1, 0.15) is 6.61 Å². The van der Waals surface area contributed by atoms with Crippen LogP contribution in [0.4, 0.5) is 4.79 Å². The highest BCUT2D eigenvalue weighted by Gasteiger charge is 2.30. The maximum absolute atomic E-state index is 12.1. The molecule has 2 rings (SSSR count). The van der Waals surface area contributed by atoms with E-state index < -0.39 is 6.09 Å². The van der Waals surface area contributed by atoms with Gasteiger partial charge in [0.05, 0.1) is 32.8 Å². The first-order chi connectivity index (χ1) is 10.2. The Hall–Kier alpha value is -2.08. The van der Waals surface area contributed by atoms with Crippen LogP contribution in [0.15, 0.2) is 30.3 Å². The van der Waals surface area contributed by atoms with Gasteiger partial charge in [0, 0.05) is 6.54 Å². The molecule has 0 N–H and O–H groups in total. The van der Waals surface area contributed by atoms with Gasteiger partial charge in [0.25, 0.3) is 0 Å². The van der Waals surface area contributed by atoms with Gasteiger partial charge in [-0.2, -0.15) is 0 Å². The first-order valence-electron chi connectivity index (χ1n) is 6.82. The molecule has 1 saturated heterocycles. The predicted octanol–water partition coefficient (Wildman–Crippen LogP) is 1.59. The zero-order valence-electron chi connectivity index (χ0n) is 12.0. The number of rotatable bonds is 4. The number of morpholine rings is 1. The fourth-order valence-electron chi connectivity index (χ4n) is 2.14. The molecule has 0 bridgehead atoms. The van der Waals surface area contributed by atoms with Gasteiger partial charge in [-0.05, 0) is 5.56 Å². The highest BCUT2D eigenvalue weighted by Crippen LogP contribution is 2.14. The lowest BCUT2D eigenvalue weighted by Crippen LogP contribution is -2.49. The van der Waals surface area contributed by atoms with Gasteiger partial charge < -0.3 is 19.1 Å². The zero-order chi connectivity index (χ0) is 15.1. The van der Waals surface area contributed by atoms with Crippen LogP contribution in [0.1, 0.15) is 12.0 Å². The Morgan fingerprint density at radius 2 is 2.10 bits per heavy atom. The normalized spacial score (nSPS) is 18.1. The fourth-order valence-corrected chi connectivity index (χ4v) is 2.14. The lowest BCUT2D eigenvalue weighted by molar-refractivity contribution is -0.143. The molecule has 0 radical (unpaired) electrons. The van der Waals surface area contributed by atoms with Crippen LogP contribution in [0.3, 0.4) is 0 Å². The van der Waals surface area contributed by atoms with Crippen molar-refractivity contribution in [3.63, 3.8) is 0 Å². The number of benzene rings is 1. The van der Waals surface area contributed by atoms with Crippen molar-refractivity contribution >= 4 is 12.1 Å². The van der Waals surface area contributed by atoms with Crippen molar-refractivity contribution in [2.45, 2.75) is 19.1 Å². The van der Waals surface area contributed by atoms with Crippen LogP contribution < -0.4 is 0 Å². The number of esters is 1. The number of nitrogens with zero attached hydrogens (tertiary/aromatic N) is 1. The Bertz CT molecular complexity index is 476. The molecule has 0 aromatic heterocycles. The van der Waals surface area contributed by atoms with Gasteiger partial charge in [0.2, 0.25) is 0 Å². The van der Waals surface area contributed by atoms with E-state index >= 15 is 0 Å². The Balaban J connectivity index is 1.90. The van der Waals surface area contributed by atoms with Crippen molar-refractivity contribution in [2.24, 2.45) is 0 Å². The molecule has 6 nitrogen and oxygen atoms in total.